The fourth-order valence-corrected chi connectivity index (χ4v) is 3.11. The highest BCUT2D eigenvalue weighted by Crippen LogP contribution is 2.37. The van der Waals surface area contributed by atoms with Crippen LogP contribution in [0.2, 0.25) is 0 Å². The number of ether oxygens (including phenoxy) is 2. The summed E-state index contributed by atoms with van der Waals surface area (Å²) in [5.74, 6) is -0.483. The zero-order valence-electron chi connectivity index (χ0n) is 13.6. The second-order valence-corrected chi connectivity index (χ2v) is 5.86. The van der Waals surface area contributed by atoms with Gasteiger partial charge in [-0.15, -0.1) is 0 Å². The Morgan fingerprint density at radius 2 is 1.79 bits per heavy atom. The Bertz CT molecular complexity index is 709. The van der Waals surface area contributed by atoms with Crippen molar-refractivity contribution in [1.82, 2.24) is 5.32 Å². The van der Waals surface area contributed by atoms with Crippen LogP contribution < -0.4 is 10.1 Å². The summed E-state index contributed by atoms with van der Waals surface area (Å²) in [7, 11) is 1.45. The number of carbonyl (C=O) groups is 1. The number of rotatable bonds is 4. The predicted molar refractivity (Wildman–Crippen MR) is 90.3 cm³/mol. The molecule has 126 valence electrons. The lowest BCUT2D eigenvalue weighted by Gasteiger charge is -2.37. The molecule has 1 aliphatic heterocycles. The maximum absolute atomic E-state index is 12.7. The predicted octanol–water partition coefficient (Wildman–Crippen LogP) is 2.84. The summed E-state index contributed by atoms with van der Waals surface area (Å²) in [6.07, 6.45) is 1.38. The van der Waals surface area contributed by atoms with E-state index in [1.54, 1.807) is 18.2 Å². The smallest absolute Gasteiger partial charge is 0.342 e. The van der Waals surface area contributed by atoms with E-state index in [0.29, 0.717) is 12.8 Å². The van der Waals surface area contributed by atoms with Gasteiger partial charge in [-0.3, -0.25) is 0 Å². The van der Waals surface area contributed by atoms with Crippen molar-refractivity contribution in [3.63, 3.8) is 0 Å². The van der Waals surface area contributed by atoms with Gasteiger partial charge in [-0.05, 0) is 30.8 Å². The van der Waals surface area contributed by atoms with Crippen molar-refractivity contribution in [1.29, 1.82) is 0 Å². The van der Waals surface area contributed by atoms with Crippen molar-refractivity contribution >= 4 is 5.97 Å². The molecule has 0 radical (unpaired) electrons. The molecule has 0 saturated carbocycles. The van der Waals surface area contributed by atoms with Crippen LogP contribution in [0, 0.1) is 0 Å². The standard InChI is InChI=1S/C19H21NO4/c1-23-16-9-5-8-15(17(16)21)18(22)24-19(10-12-20-13-11-19)14-6-3-2-4-7-14/h2-9,20-21H,10-13H2,1H3. The van der Waals surface area contributed by atoms with Crippen molar-refractivity contribution in [2.45, 2.75) is 18.4 Å². The maximum atomic E-state index is 12.7. The summed E-state index contributed by atoms with van der Waals surface area (Å²) < 4.78 is 11.0. The molecule has 0 aliphatic carbocycles. The van der Waals surface area contributed by atoms with E-state index in [1.807, 2.05) is 30.3 Å². The van der Waals surface area contributed by atoms with Crippen LogP contribution in [0.5, 0.6) is 11.5 Å². The summed E-state index contributed by atoms with van der Waals surface area (Å²) in [6, 6.07) is 14.6. The summed E-state index contributed by atoms with van der Waals surface area (Å²) in [5.41, 5.74) is 0.407. The first-order chi connectivity index (χ1) is 11.7. The Hall–Kier alpha value is -2.53. The molecule has 1 saturated heterocycles. The topological polar surface area (TPSA) is 67.8 Å². The second-order valence-electron chi connectivity index (χ2n) is 5.86. The number of para-hydroxylation sites is 1. The van der Waals surface area contributed by atoms with Crippen LogP contribution in [0.3, 0.4) is 0 Å². The number of phenols is 1. The van der Waals surface area contributed by atoms with E-state index >= 15 is 0 Å². The number of methoxy groups -OCH3 is 1. The van der Waals surface area contributed by atoms with Crippen molar-refractivity contribution in [2.24, 2.45) is 0 Å². The Labute approximate surface area is 141 Å². The number of hydrogen-bond donors (Lipinski definition) is 2. The van der Waals surface area contributed by atoms with Crippen LogP contribution in [-0.4, -0.2) is 31.3 Å². The molecule has 5 nitrogen and oxygen atoms in total. The van der Waals surface area contributed by atoms with E-state index in [4.69, 9.17) is 9.47 Å². The van der Waals surface area contributed by atoms with Gasteiger partial charge in [0.1, 0.15) is 11.2 Å². The van der Waals surface area contributed by atoms with Gasteiger partial charge in [0.25, 0.3) is 0 Å². The SMILES string of the molecule is COc1cccc(C(=O)OC2(c3ccccc3)CCNCC2)c1O. The number of esters is 1. The highest BCUT2D eigenvalue weighted by molar-refractivity contribution is 5.93. The molecule has 3 rings (SSSR count). The molecule has 1 fully saturated rings. The van der Waals surface area contributed by atoms with Gasteiger partial charge in [0.05, 0.1) is 7.11 Å². The zero-order chi connectivity index (χ0) is 17.0. The van der Waals surface area contributed by atoms with Crippen molar-refractivity contribution in [3.8, 4) is 11.5 Å². The molecule has 0 aromatic heterocycles. The molecule has 0 spiro atoms. The molecule has 0 bridgehead atoms. The quantitative estimate of drug-likeness (QED) is 0.845. The lowest BCUT2D eigenvalue weighted by atomic mass is 9.84. The number of hydrogen-bond acceptors (Lipinski definition) is 5. The number of carbonyl (C=O) groups excluding carboxylic acids is 1. The third kappa shape index (κ3) is 3.08. The molecule has 24 heavy (non-hydrogen) atoms. The molecule has 0 atom stereocenters. The number of nitrogens with one attached hydrogen (secondary N) is 1. The molecule has 0 amide bonds. The van der Waals surface area contributed by atoms with Crippen molar-refractivity contribution in [2.75, 3.05) is 20.2 Å². The molecule has 2 aromatic carbocycles. The molecular weight excluding hydrogens is 306 g/mol. The number of phenolic OH excluding ortho intramolecular Hbond substituents is 1. The van der Waals surface area contributed by atoms with Crippen molar-refractivity contribution in [3.05, 3.63) is 59.7 Å². The molecule has 0 unspecified atom stereocenters. The van der Waals surface area contributed by atoms with E-state index in [-0.39, 0.29) is 17.1 Å². The van der Waals surface area contributed by atoms with Gasteiger partial charge in [-0.1, -0.05) is 36.4 Å². The normalized spacial score (nSPS) is 16.4. The second kappa shape index (κ2) is 6.93. The van der Waals surface area contributed by atoms with Gasteiger partial charge in [0.2, 0.25) is 0 Å². The minimum Gasteiger partial charge on any atom is -0.504 e. The van der Waals surface area contributed by atoms with Crippen molar-refractivity contribution < 1.29 is 19.4 Å². The van der Waals surface area contributed by atoms with Crippen LogP contribution in [0.4, 0.5) is 0 Å². The van der Waals surface area contributed by atoms with E-state index in [2.05, 4.69) is 5.32 Å². The van der Waals surface area contributed by atoms with Gasteiger partial charge < -0.3 is 19.9 Å². The molecule has 5 heteroatoms. The first-order valence-electron chi connectivity index (χ1n) is 8.02. The fraction of sp³-hybridized carbons (Fsp3) is 0.316. The number of piperidine rings is 1. The molecule has 1 heterocycles. The third-order valence-electron chi connectivity index (χ3n) is 4.44. The fourth-order valence-electron chi connectivity index (χ4n) is 3.11. The zero-order valence-corrected chi connectivity index (χ0v) is 13.6. The van der Waals surface area contributed by atoms with Gasteiger partial charge in [-0.2, -0.15) is 0 Å². The van der Waals surface area contributed by atoms with Crippen LogP contribution in [-0.2, 0) is 10.3 Å². The van der Waals surface area contributed by atoms with Gasteiger partial charge in [0, 0.05) is 12.8 Å². The lowest BCUT2D eigenvalue weighted by Crippen LogP contribution is -2.43. The van der Waals surface area contributed by atoms with Crippen LogP contribution in [0.15, 0.2) is 48.5 Å². The Morgan fingerprint density at radius 3 is 2.46 bits per heavy atom. The third-order valence-corrected chi connectivity index (χ3v) is 4.44. The minimum atomic E-state index is -0.681. The molecular formula is C19H21NO4. The van der Waals surface area contributed by atoms with Gasteiger partial charge >= 0.3 is 5.97 Å². The number of aromatic hydroxyl groups is 1. The van der Waals surface area contributed by atoms with E-state index in [0.717, 1.165) is 18.7 Å². The average molecular weight is 327 g/mol. The highest BCUT2D eigenvalue weighted by atomic mass is 16.6. The molecule has 1 aliphatic rings. The first-order valence-corrected chi connectivity index (χ1v) is 8.02. The molecule has 2 N–H and O–H groups in total. The lowest BCUT2D eigenvalue weighted by molar-refractivity contribution is -0.0380. The minimum absolute atomic E-state index is 0.114. The van der Waals surface area contributed by atoms with E-state index in [1.165, 1.54) is 7.11 Å². The summed E-state index contributed by atoms with van der Waals surface area (Å²) in [6.45, 7) is 1.54. The van der Waals surface area contributed by atoms with Gasteiger partial charge in [0.15, 0.2) is 11.5 Å². The van der Waals surface area contributed by atoms with Crippen LogP contribution >= 0.6 is 0 Å². The summed E-state index contributed by atoms with van der Waals surface area (Å²) >= 11 is 0. The summed E-state index contributed by atoms with van der Waals surface area (Å²) in [5, 5.41) is 13.5. The number of benzene rings is 2. The largest absolute Gasteiger partial charge is 0.504 e. The Kier molecular flexibility index (Phi) is 4.71. The van der Waals surface area contributed by atoms with Crippen LogP contribution in [0.25, 0.3) is 0 Å². The monoisotopic (exact) mass is 327 g/mol. The summed E-state index contributed by atoms with van der Waals surface area (Å²) in [4.78, 5) is 12.7. The van der Waals surface area contributed by atoms with E-state index in [9.17, 15) is 9.90 Å². The highest BCUT2D eigenvalue weighted by Gasteiger charge is 2.38. The Balaban J connectivity index is 1.92. The van der Waals surface area contributed by atoms with Crippen LogP contribution in [0.1, 0.15) is 28.8 Å². The van der Waals surface area contributed by atoms with E-state index < -0.39 is 11.6 Å². The molecule has 2 aromatic rings. The Morgan fingerprint density at radius 1 is 1.08 bits per heavy atom. The average Bonchev–Trinajstić information content (AvgIpc) is 2.63. The maximum Gasteiger partial charge on any atom is 0.342 e. The first kappa shape index (κ1) is 16.3. The van der Waals surface area contributed by atoms with Gasteiger partial charge in [-0.25, -0.2) is 4.79 Å².